The summed E-state index contributed by atoms with van der Waals surface area (Å²) in [6, 6.07) is 21.7. The van der Waals surface area contributed by atoms with Crippen LogP contribution in [-0.4, -0.2) is 32.5 Å². The fourth-order valence-corrected chi connectivity index (χ4v) is 4.07. The maximum absolute atomic E-state index is 13.0. The maximum Gasteiger partial charge on any atom is 0.263 e. The molecule has 7 nitrogen and oxygen atoms in total. The van der Waals surface area contributed by atoms with Gasteiger partial charge in [0.15, 0.2) is 11.6 Å². The molecule has 1 aromatic heterocycles. The van der Waals surface area contributed by atoms with Crippen molar-refractivity contribution in [3.63, 3.8) is 0 Å². The summed E-state index contributed by atoms with van der Waals surface area (Å²) in [5.41, 5.74) is 4.00. The zero-order valence-corrected chi connectivity index (χ0v) is 18.3. The van der Waals surface area contributed by atoms with E-state index in [1.165, 1.54) is 0 Å². The van der Waals surface area contributed by atoms with Gasteiger partial charge in [-0.3, -0.25) is 4.72 Å². The van der Waals surface area contributed by atoms with Crippen LogP contribution < -0.4 is 14.9 Å². The van der Waals surface area contributed by atoms with E-state index in [0.29, 0.717) is 16.9 Å². The second-order valence-corrected chi connectivity index (χ2v) is 9.08. The molecule has 31 heavy (non-hydrogen) atoms. The van der Waals surface area contributed by atoms with Crippen molar-refractivity contribution in [3.05, 3.63) is 78.4 Å². The smallest absolute Gasteiger partial charge is 0.263 e. The van der Waals surface area contributed by atoms with Crippen LogP contribution in [0.3, 0.4) is 0 Å². The zero-order valence-electron chi connectivity index (χ0n) is 17.5. The molecule has 1 heterocycles. The highest BCUT2D eigenvalue weighted by atomic mass is 32.2. The standard InChI is InChI=1S/C23H23N5O2S/c1-16-11-13-19(14-12-16)31(29,30)27-23-22(25-20-9-4-5-10-21(20)26-23)24-17-7-6-8-18(15-17)28(2)3/h4-15H,1-3H3,(H,24,25)(H,26,27). The first-order valence-corrected chi connectivity index (χ1v) is 11.2. The molecule has 0 fully saturated rings. The summed E-state index contributed by atoms with van der Waals surface area (Å²) in [5.74, 6) is 0.458. The van der Waals surface area contributed by atoms with E-state index in [9.17, 15) is 8.42 Å². The van der Waals surface area contributed by atoms with Crippen LogP contribution in [-0.2, 0) is 10.0 Å². The lowest BCUT2D eigenvalue weighted by Crippen LogP contribution is -2.16. The van der Waals surface area contributed by atoms with Gasteiger partial charge in [-0.2, -0.15) is 0 Å². The first kappa shape index (κ1) is 20.6. The van der Waals surface area contributed by atoms with Crippen LogP contribution in [0.1, 0.15) is 5.56 Å². The largest absolute Gasteiger partial charge is 0.378 e. The number of nitrogens with one attached hydrogen (secondary N) is 2. The molecule has 0 atom stereocenters. The van der Waals surface area contributed by atoms with E-state index in [1.54, 1.807) is 30.3 Å². The fourth-order valence-electron chi connectivity index (χ4n) is 3.06. The second kappa shape index (κ2) is 8.23. The Balaban J connectivity index is 1.76. The first-order valence-electron chi connectivity index (χ1n) is 9.72. The average Bonchev–Trinajstić information content (AvgIpc) is 2.74. The molecule has 0 amide bonds. The summed E-state index contributed by atoms with van der Waals surface area (Å²) in [6.45, 7) is 1.91. The maximum atomic E-state index is 13.0. The van der Waals surface area contributed by atoms with Crippen LogP contribution in [0.15, 0.2) is 77.7 Å². The topological polar surface area (TPSA) is 87.2 Å². The van der Waals surface area contributed by atoms with E-state index >= 15 is 0 Å². The predicted molar refractivity (Wildman–Crippen MR) is 126 cm³/mol. The van der Waals surface area contributed by atoms with E-state index in [0.717, 1.165) is 16.9 Å². The van der Waals surface area contributed by atoms with Gasteiger partial charge in [0.1, 0.15) is 0 Å². The lowest BCUT2D eigenvalue weighted by molar-refractivity contribution is 0.601. The predicted octanol–water partition coefficient (Wildman–Crippen LogP) is 4.55. The Hall–Kier alpha value is -3.65. The number of fused-ring (bicyclic) bond motifs is 1. The molecule has 0 aliphatic heterocycles. The summed E-state index contributed by atoms with van der Waals surface area (Å²) < 4.78 is 28.6. The third-order valence-electron chi connectivity index (χ3n) is 4.76. The molecular formula is C23H23N5O2S. The molecule has 4 rings (SSSR count). The van der Waals surface area contributed by atoms with Crippen LogP contribution in [0, 0.1) is 6.92 Å². The molecule has 8 heteroatoms. The minimum atomic E-state index is -3.84. The summed E-state index contributed by atoms with van der Waals surface area (Å²) in [7, 11) is 0.0730. The van der Waals surface area contributed by atoms with Gasteiger partial charge in [0.05, 0.1) is 15.9 Å². The van der Waals surface area contributed by atoms with Crippen molar-refractivity contribution in [2.24, 2.45) is 0 Å². The molecule has 0 radical (unpaired) electrons. The molecular weight excluding hydrogens is 410 g/mol. The number of aryl methyl sites for hydroxylation is 1. The fraction of sp³-hybridized carbons (Fsp3) is 0.130. The number of nitrogens with zero attached hydrogens (tertiary/aromatic N) is 3. The molecule has 0 unspecified atom stereocenters. The van der Waals surface area contributed by atoms with E-state index in [-0.39, 0.29) is 10.7 Å². The molecule has 0 spiro atoms. The van der Waals surface area contributed by atoms with Crippen LogP contribution in [0.25, 0.3) is 11.0 Å². The van der Waals surface area contributed by atoms with E-state index in [1.807, 2.05) is 68.4 Å². The minimum absolute atomic E-state index is 0.134. The molecule has 0 saturated heterocycles. The highest BCUT2D eigenvalue weighted by Gasteiger charge is 2.19. The summed E-state index contributed by atoms with van der Waals surface area (Å²) in [6.07, 6.45) is 0. The number of hydrogen-bond acceptors (Lipinski definition) is 6. The Morgan fingerprint density at radius 1 is 0.806 bits per heavy atom. The molecule has 0 aliphatic rings. The zero-order chi connectivity index (χ0) is 22.0. The minimum Gasteiger partial charge on any atom is -0.378 e. The highest BCUT2D eigenvalue weighted by molar-refractivity contribution is 7.92. The van der Waals surface area contributed by atoms with Crippen molar-refractivity contribution in [1.82, 2.24) is 9.97 Å². The Kier molecular flexibility index (Phi) is 5.48. The van der Waals surface area contributed by atoms with Gasteiger partial charge in [-0.1, -0.05) is 35.9 Å². The Bertz CT molecular complexity index is 1340. The Morgan fingerprint density at radius 2 is 1.45 bits per heavy atom. The molecule has 4 aromatic rings. The summed E-state index contributed by atoms with van der Waals surface area (Å²) >= 11 is 0. The normalized spacial score (nSPS) is 11.3. The van der Waals surface area contributed by atoms with Crippen molar-refractivity contribution in [2.75, 3.05) is 29.0 Å². The number of aromatic nitrogens is 2. The first-order chi connectivity index (χ1) is 14.8. The molecule has 0 aliphatic carbocycles. The third-order valence-corrected chi connectivity index (χ3v) is 6.11. The van der Waals surface area contributed by atoms with Crippen LogP contribution >= 0.6 is 0 Å². The number of benzene rings is 3. The Morgan fingerprint density at radius 3 is 2.10 bits per heavy atom. The van der Waals surface area contributed by atoms with Crippen molar-refractivity contribution in [1.29, 1.82) is 0 Å². The number of para-hydroxylation sites is 2. The van der Waals surface area contributed by atoms with Gasteiger partial charge < -0.3 is 10.2 Å². The molecule has 158 valence electrons. The van der Waals surface area contributed by atoms with E-state index in [4.69, 9.17) is 0 Å². The summed E-state index contributed by atoms with van der Waals surface area (Å²) in [4.78, 5) is 11.3. The van der Waals surface area contributed by atoms with Crippen molar-refractivity contribution < 1.29 is 8.42 Å². The van der Waals surface area contributed by atoms with Gasteiger partial charge >= 0.3 is 0 Å². The number of rotatable bonds is 6. The number of anilines is 4. The van der Waals surface area contributed by atoms with Gasteiger partial charge in [-0.05, 0) is 49.4 Å². The molecule has 0 saturated carbocycles. The van der Waals surface area contributed by atoms with E-state index in [2.05, 4.69) is 20.0 Å². The lowest BCUT2D eigenvalue weighted by Gasteiger charge is -2.16. The molecule has 0 bridgehead atoms. The third kappa shape index (κ3) is 4.59. The average molecular weight is 434 g/mol. The highest BCUT2D eigenvalue weighted by Crippen LogP contribution is 2.28. The number of sulfonamides is 1. The van der Waals surface area contributed by atoms with Crippen LogP contribution in [0.4, 0.5) is 23.0 Å². The van der Waals surface area contributed by atoms with Crippen molar-refractivity contribution >= 4 is 44.1 Å². The molecule has 2 N–H and O–H groups in total. The summed E-state index contributed by atoms with van der Waals surface area (Å²) in [5, 5.41) is 3.22. The van der Waals surface area contributed by atoms with Crippen molar-refractivity contribution in [2.45, 2.75) is 11.8 Å². The number of hydrogen-bond donors (Lipinski definition) is 2. The van der Waals surface area contributed by atoms with Gasteiger partial charge in [-0.15, -0.1) is 0 Å². The van der Waals surface area contributed by atoms with E-state index < -0.39 is 10.0 Å². The van der Waals surface area contributed by atoms with Crippen molar-refractivity contribution in [3.8, 4) is 0 Å². The quantitative estimate of drug-likeness (QED) is 0.464. The van der Waals surface area contributed by atoms with Crippen LogP contribution in [0.5, 0.6) is 0 Å². The second-order valence-electron chi connectivity index (χ2n) is 7.40. The molecule has 3 aromatic carbocycles. The van der Waals surface area contributed by atoms with Gasteiger partial charge in [-0.25, -0.2) is 18.4 Å². The van der Waals surface area contributed by atoms with Gasteiger partial charge in [0.2, 0.25) is 0 Å². The van der Waals surface area contributed by atoms with Gasteiger partial charge in [0.25, 0.3) is 10.0 Å². The van der Waals surface area contributed by atoms with Gasteiger partial charge in [0, 0.05) is 25.5 Å². The SMILES string of the molecule is Cc1ccc(S(=O)(=O)Nc2nc3ccccc3nc2Nc2cccc(N(C)C)c2)cc1. The van der Waals surface area contributed by atoms with Crippen LogP contribution in [0.2, 0.25) is 0 Å². The lowest BCUT2D eigenvalue weighted by atomic mass is 10.2. The Labute approximate surface area is 181 Å². The monoisotopic (exact) mass is 433 g/mol.